The first kappa shape index (κ1) is 14.0. The van der Waals surface area contributed by atoms with Crippen LogP contribution in [0.25, 0.3) is 0 Å². The van der Waals surface area contributed by atoms with Crippen molar-refractivity contribution >= 4 is 0 Å². The molecule has 1 N–H and O–H groups in total. The van der Waals surface area contributed by atoms with Gasteiger partial charge in [0.1, 0.15) is 0 Å². The molecular weight excluding hydrogens is 198 g/mol. The van der Waals surface area contributed by atoms with Gasteiger partial charge in [0, 0.05) is 12.6 Å². The van der Waals surface area contributed by atoms with Crippen molar-refractivity contribution in [2.24, 2.45) is 0 Å². The summed E-state index contributed by atoms with van der Waals surface area (Å²) < 4.78 is 6.02. The van der Waals surface area contributed by atoms with E-state index in [4.69, 9.17) is 4.74 Å². The molecule has 0 aliphatic heterocycles. The Morgan fingerprint density at radius 1 is 1.25 bits per heavy atom. The van der Waals surface area contributed by atoms with Crippen molar-refractivity contribution in [1.29, 1.82) is 0 Å². The Morgan fingerprint density at radius 2 is 1.88 bits per heavy atom. The molecule has 2 heteroatoms. The van der Waals surface area contributed by atoms with Crippen LogP contribution in [0.4, 0.5) is 0 Å². The second-order valence-corrected chi connectivity index (χ2v) is 5.78. The average Bonchev–Trinajstić information content (AvgIpc) is 2.27. The lowest BCUT2D eigenvalue weighted by atomic mass is 9.95. The minimum atomic E-state index is 0.0215. The molecule has 0 saturated heterocycles. The Morgan fingerprint density at radius 3 is 2.44 bits per heavy atom. The van der Waals surface area contributed by atoms with Gasteiger partial charge in [-0.3, -0.25) is 0 Å². The van der Waals surface area contributed by atoms with Gasteiger partial charge in [-0.05, 0) is 40.0 Å². The Bertz CT molecular complexity index is 185. The first-order chi connectivity index (χ1) is 7.53. The molecule has 1 aliphatic rings. The summed E-state index contributed by atoms with van der Waals surface area (Å²) in [6.45, 7) is 9.69. The lowest BCUT2D eigenvalue weighted by Crippen LogP contribution is -2.39. The van der Waals surface area contributed by atoms with E-state index in [0.29, 0.717) is 6.10 Å². The maximum absolute atomic E-state index is 6.02. The Kier molecular flexibility index (Phi) is 5.77. The smallest absolute Gasteiger partial charge is 0.0678 e. The second kappa shape index (κ2) is 6.61. The van der Waals surface area contributed by atoms with Crippen LogP contribution in [-0.2, 0) is 4.74 Å². The van der Waals surface area contributed by atoms with Gasteiger partial charge in [0.25, 0.3) is 0 Å². The molecule has 1 unspecified atom stereocenters. The predicted octanol–water partition coefficient (Wildman–Crippen LogP) is 3.50. The maximum atomic E-state index is 6.02. The molecule has 16 heavy (non-hydrogen) atoms. The summed E-state index contributed by atoms with van der Waals surface area (Å²) in [5.74, 6) is 0. The highest BCUT2D eigenvalue weighted by atomic mass is 16.5. The average molecular weight is 227 g/mol. The molecule has 1 aliphatic carbocycles. The lowest BCUT2D eigenvalue weighted by molar-refractivity contribution is -0.0651. The monoisotopic (exact) mass is 227 g/mol. The van der Waals surface area contributed by atoms with Gasteiger partial charge in [-0.2, -0.15) is 0 Å². The molecule has 1 rings (SSSR count). The number of hydrogen-bond donors (Lipinski definition) is 1. The number of hydrogen-bond acceptors (Lipinski definition) is 2. The third-order valence-electron chi connectivity index (χ3n) is 3.67. The van der Waals surface area contributed by atoms with Crippen LogP contribution < -0.4 is 5.32 Å². The minimum absolute atomic E-state index is 0.0215. The van der Waals surface area contributed by atoms with E-state index in [-0.39, 0.29) is 5.60 Å². The highest BCUT2D eigenvalue weighted by Gasteiger charge is 2.20. The van der Waals surface area contributed by atoms with Gasteiger partial charge in [0.15, 0.2) is 0 Å². The van der Waals surface area contributed by atoms with E-state index in [1.165, 1.54) is 32.1 Å². The van der Waals surface area contributed by atoms with Gasteiger partial charge in [-0.1, -0.05) is 26.2 Å². The van der Waals surface area contributed by atoms with Crippen LogP contribution >= 0.6 is 0 Å². The summed E-state index contributed by atoms with van der Waals surface area (Å²) >= 11 is 0. The van der Waals surface area contributed by atoms with Crippen molar-refractivity contribution in [3.8, 4) is 0 Å². The predicted molar refractivity (Wildman–Crippen MR) is 69.8 cm³/mol. The number of rotatable bonds is 6. The molecule has 96 valence electrons. The summed E-state index contributed by atoms with van der Waals surface area (Å²) in [4.78, 5) is 0. The van der Waals surface area contributed by atoms with Crippen LogP contribution in [-0.4, -0.2) is 24.3 Å². The highest BCUT2D eigenvalue weighted by Crippen LogP contribution is 2.18. The van der Waals surface area contributed by atoms with Gasteiger partial charge < -0.3 is 10.1 Å². The Balaban J connectivity index is 2.16. The fourth-order valence-corrected chi connectivity index (χ4v) is 2.31. The largest absolute Gasteiger partial charge is 0.371 e. The third kappa shape index (κ3) is 5.31. The molecule has 0 bridgehead atoms. The van der Waals surface area contributed by atoms with Crippen LogP contribution in [0.5, 0.6) is 0 Å². The molecule has 0 aromatic heterocycles. The van der Waals surface area contributed by atoms with E-state index < -0.39 is 0 Å². The molecule has 2 nitrogen and oxygen atoms in total. The van der Waals surface area contributed by atoms with Crippen molar-refractivity contribution in [3.05, 3.63) is 0 Å². The fraction of sp³-hybridized carbons (Fsp3) is 1.00. The van der Waals surface area contributed by atoms with E-state index >= 15 is 0 Å². The first-order valence-corrected chi connectivity index (χ1v) is 6.94. The van der Waals surface area contributed by atoms with E-state index in [0.717, 1.165) is 19.0 Å². The van der Waals surface area contributed by atoms with E-state index in [2.05, 4.69) is 33.0 Å². The number of ether oxygens (including phenoxy) is 1. The first-order valence-electron chi connectivity index (χ1n) is 6.94. The molecule has 1 fully saturated rings. The summed E-state index contributed by atoms with van der Waals surface area (Å²) in [7, 11) is 0. The van der Waals surface area contributed by atoms with Gasteiger partial charge in [-0.15, -0.1) is 0 Å². The molecule has 0 radical (unpaired) electrons. The van der Waals surface area contributed by atoms with Crippen molar-refractivity contribution in [3.63, 3.8) is 0 Å². The SMILES string of the molecule is CCC(C)(C)OC(C)CNC1CCCCC1. The van der Waals surface area contributed by atoms with Gasteiger partial charge in [0.2, 0.25) is 0 Å². The fourth-order valence-electron chi connectivity index (χ4n) is 2.31. The quantitative estimate of drug-likeness (QED) is 0.750. The molecule has 0 aromatic rings. The maximum Gasteiger partial charge on any atom is 0.0678 e. The molecule has 0 spiro atoms. The molecule has 1 saturated carbocycles. The van der Waals surface area contributed by atoms with Crippen LogP contribution in [0.2, 0.25) is 0 Å². The zero-order chi connectivity index (χ0) is 12.0. The summed E-state index contributed by atoms with van der Waals surface area (Å²) in [6.07, 6.45) is 8.31. The van der Waals surface area contributed by atoms with E-state index in [1.54, 1.807) is 0 Å². The normalized spacial score (nSPS) is 21.0. The van der Waals surface area contributed by atoms with Crippen LogP contribution in [0.3, 0.4) is 0 Å². The van der Waals surface area contributed by atoms with E-state index in [9.17, 15) is 0 Å². The third-order valence-corrected chi connectivity index (χ3v) is 3.67. The van der Waals surface area contributed by atoms with Crippen LogP contribution in [0.1, 0.15) is 66.2 Å². The van der Waals surface area contributed by atoms with Gasteiger partial charge >= 0.3 is 0 Å². The van der Waals surface area contributed by atoms with Crippen LogP contribution in [0, 0.1) is 0 Å². The van der Waals surface area contributed by atoms with Crippen molar-refractivity contribution in [2.45, 2.75) is 84.0 Å². The Labute approximate surface area is 101 Å². The van der Waals surface area contributed by atoms with Crippen molar-refractivity contribution < 1.29 is 4.74 Å². The van der Waals surface area contributed by atoms with Crippen LogP contribution in [0.15, 0.2) is 0 Å². The number of nitrogens with one attached hydrogen (secondary N) is 1. The van der Waals surface area contributed by atoms with Crippen molar-refractivity contribution in [1.82, 2.24) is 5.32 Å². The molecule has 1 atom stereocenters. The second-order valence-electron chi connectivity index (χ2n) is 5.78. The van der Waals surface area contributed by atoms with Gasteiger partial charge in [0.05, 0.1) is 11.7 Å². The topological polar surface area (TPSA) is 21.3 Å². The molecular formula is C14H29NO. The molecule has 0 heterocycles. The summed E-state index contributed by atoms with van der Waals surface area (Å²) in [5, 5.41) is 3.64. The summed E-state index contributed by atoms with van der Waals surface area (Å²) in [6, 6.07) is 0.740. The molecule has 0 amide bonds. The standard InChI is InChI=1S/C14H29NO/c1-5-14(3,4)16-12(2)11-15-13-9-7-6-8-10-13/h12-13,15H,5-11H2,1-4H3. The lowest BCUT2D eigenvalue weighted by Gasteiger charge is -2.30. The zero-order valence-corrected chi connectivity index (χ0v) is 11.5. The minimum Gasteiger partial charge on any atom is -0.371 e. The zero-order valence-electron chi connectivity index (χ0n) is 11.5. The Hall–Kier alpha value is -0.0800. The van der Waals surface area contributed by atoms with E-state index in [1.807, 2.05) is 0 Å². The van der Waals surface area contributed by atoms with Crippen molar-refractivity contribution in [2.75, 3.05) is 6.54 Å². The highest BCUT2D eigenvalue weighted by molar-refractivity contribution is 4.74. The van der Waals surface area contributed by atoms with Gasteiger partial charge in [-0.25, -0.2) is 0 Å². The molecule has 0 aromatic carbocycles. The summed E-state index contributed by atoms with van der Waals surface area (Å²) in [5.41, 5.74) is 0.0215.